The van der Waals surface area contributed by atoms with Crippen molar-refractivity contribution in [3.8, 4) is 5.75 Å². The SMILES string of the molecule is O=C(COCCOc1ccccc1)C1CCCC1. The van der Waals surface area contributed by atoms with Crippen LogP contribution in [0.5, 0.6) is 5.75 Å². The van der Waals surface area contributed by atoms with Crippen molar-refractivity contribution in [1.82, 2.24) is 0 Å². The number of carbonyl (C=O) groups excluding carboxylic acids is 1. The van der Waals surface area contributed by atoms with Gasteiger partial charge in [-0.2, -0.15) is 0 Å². The number of benzene rings is 1. The van der Waals surface area contributed by atoms with Gasteiger partial charge in [0.15, 0.2) is 5.78 Å². The second-order valence-electron chi connectivity index (χ2n) is 4.66. The van der Waals surface area contributed by atoms with Crippen LogP contribution in [0, 0.1) is 5.92 Å². The highest BCUT2D eigenvalue weighted by atomic mass is 16.5. The van der Waals surface area contributed by atoms with E-state index in [4.69, 9.17) is 9.47 Å². The number of Topliss-reactive ketones (excluding diaryl/α,β-unsaturated/α-hetero) is 1. The van der Waals surface area contributed by atoms with Crippen molar-refractivity contribution < 1.29 is 14.3 Å². The molecule has 2 rings (SSSR count). The predicted molar refractivity (Wildman–Crippen MR) is 69.7 cm³/mol. The topological polar surface area (TPSA) is 35.5 Å². The van der Waals surface area contributed by atoms with Crippen LogP contribution in [0.3, 0.4) is 0 Å². The average molecular weight is 248 g/mol. The van der Waals surface area contributed by atoms with Gasteiger partial charge in [0.05, 0.1) is 6.61 Å². The summed E-state index contributed by atoms with van der Waals surface area (Å²) in [6.07, 6.45) is 4.46. The van der Waals surface area contributed by atoms with E-state index in [1.807, 2.05) is 30.3 Å². The van der Waals surface area contributed by atoms with Crippen LogP contribution in [-0.4, -0.2) is 25.6 Å². The van der Waals surface area contributed by atoms with E-state index >= 15 is 0 Å². The van der Waals surface area contributed by atoms with Crippen LogP contribution in [0.1, 0.15) is 25.7 Å². The number of ether oxygens (including phenoxy) is 2. The highest BCUT2D eigenvalue weighted by molar-refractivity contribution is 5.82. The first-order chi connectivity index (χ1) is 8.86. The molecule has 98 valence electrons. The maximum atomic E-state index is 11.7. The Bertz CT molecular complexity index is 355. The van der Waals surface area contributed by atoms with Gasteiger partial charge in [-0.15, -0.1) is 0 Å². The van der Waals surface area contributed by atoms with Crippen molar-refractivity contribution in [2.45, 2.75) is 25.7 Å². The van der Waals surface area contributed by atoms with E-state index in [0.717, 1.165) is 18.6 Å². The Hall–Kier alpha value is -1.35. The summed E-state index contributed by atoms with van der Waals surface area (Å²) in [5, 5.41) is 0. The third kappa shape index (κ3) is 4.15. The minimum absolute atomic E-state index is 0.239. The Kier molecular flexibility index (Phi) is 5.21. The third-order valence-electron chi connectivity index (χ3n) is 3.29. The highest BCUT2D eigenvalue weighted by Crippen LogP contribution is 2.25. The molecular formula is C15H20O3. The standard InChI is InChI=1S/C15H20O3/c16-15(13-6-4-5-7-13)12-17-10-11-18-14-8-2-1-3-9-14/h1-3,8-9,13H,4-7,10-12H2. The molecule has 0 heterocycles. The van der Waals surface area contributed by atoms with Crippen LogP contribution >= 0.6 is 0 Å². The Balaban J connectivity index is 1.54. The fourth-order valence-corrected chi connectivity index (χ4v) is 2.27. The van der Waals surface area contributed by atoms with Crippen LogP contribution in [-0.2, 0) is 9.53 Å². The predicted octanol–water partition coefficient (Wildman–Crippen LogP) is 2.84. The summed E-state index contributed by atoms with van der Waals surface area (Å²) in [5.74, 6) is 1.34. The molecule has 1 saturated carbocycles. The second kappa shape index (κ2) is 7.17. The quantitative estimate of drug-likeness (QED) is 0.696. The van der Waals surface area contributed by atoms with E-state index in [9.17, 15) is 4.79 Å². The summed E-state index contributed by atoms with van der Waals surface area (Å²) in [7, 11) is 0. The summed E-state index contributed by atoms with van der Waals surface area (Å²) < 4.78 is 10.8. The fourth-order valence-electron chi connectivity index (χ4n) is 2.27. The summed E-state index contributed by atoms with van der Waals surface area (Å²) in [4.78, 5) is 11.7. The van der Waals surface area contributed by atoms with E-state index in [0.29, 0.717) is 13.2 Å². The minimum atomic E-state index is 0.239. The lowest BCUT2D eigenvalue weighted by Gasteiger charge is -2.09. The number of carbonyl (C=O) groups is 1. The van der Waals surface area contributed by atoms with Crippen LogP contribution in [0.4, 0.5) is 0 Å². The van der Waals surface area contributed by atoms with E-state index in [-0.39, 0.29) is 18.3 Å². The molecule has 3 heteroatoms. The summed E-state index contributed by atoms with van der Waals surface area (Å²) in [6.45, 7) is 1.19. The first kappa shape index (κ1) is 13.1. The first-order valence-electron chi connectivity index (χ1n) is 6.64. The van der Waals surface area contributed by atoms with Crippen molar-refractivity contribution in [2.75, 3.05) is 19.8 Å². The first-order valence-corrected chi connectivity index (χ1v) is 6.64. The molecule has 0 N–H and O–H groups in total. The smallest absolute Gasteiger partial charge is 0.161 e. The third-order valence-corrected chi connectivity index (χ3v) is 3.29. The molecule has 1 aliphatic carbocycles. The van der Waals surface area contributed by atoms with Crippen LogP contribution in [0.25, 0.3) is 0 Å². The Morgan fingerprint density at radius 3 is 2.56 bits per heavy atom. The molecule has 18 heavy (non-hydrogen) atoms. The van der Waals surface area contributed by atoms with Gasteiger partial charge in [-0.05, 0) is 25.0 Å². The maximum absolute atomic E-state index is 11.7. The lowest BCUT2D eigenvalue weighted by molar-refractivity contribution is -0.127. The van der Waals surface area contributed by atoms with Crippen molar-refractivity contribution in [3.05, 3.63) is 30.3 Å². The largest absolute Gasteiger partial charge is 0.491 e. The monoisotopic (exact) mass is 248 g/mol. The van der Waals surface area contributed by atoms with E-state index in [1.54, 1.807) is 0 Å². The highest BCUT2D eigenvalue weighted by Gasteiger charge is 2.22. The molecular weight excluding hydrogens is 228 g/mol. The van der Waals surface area contributed by atoms with Crippen molar-refractivity contribution >= 4 is 5.78 Å². The molecule has 0 bridgehead atoms. The zero-order chi connectivity index (χ0) is 12.6. The number of ketones is 1. The lowest BCUT2D eigenvalue weighted by atomic mass is 10.0. The van der Waals surface area contributed by atoms with E-state index in [2.05, 4.69) is 0 Å². The van der Waals surface area contributed by atoms with Gasteiger partial charge in [0.2, 0.25) is 0 Å². The molecule has 0 unspecified atom stereocenters. The maximum Gasteiger partial charge on any atom is 0.161 e. The van der Waals surface area contributed by atoms with Gasteiger partial charge in [-0.1, -0.05) is 31.0 Å². The summed E-state index contributed by atoms with van der Waals surface area (Å²) in [5.41, 5.74) is 0. The molecule has 3 nitrogen and oxygen atoms in total. The number of para-hydroxylation sites is 1. The number of rotatable bonds is 7. The van der Waals surface area contributed by atoms with E-state index in [1.165, 1.54) is 12.8 Å². The molecule has 1 aromatic rings. The molecule has 0 amide bonds. The fraction of sp³-hybridized carbons (Fsp3) is 0.533. The van der Waals surface area contributed by atoms with Crippen molar-refractivity contribution in [1.29, 1.82) is 0 Å². The number of hydrogen-bond acceptors (Lipinski definition) is 3. The van der Waals surface area contributed by atoms with Crippen molar-refractivity contribution in [2.24, 2.45) is 5.92 Å². The zero-order valence-corrected chi connectivity index (χ0v) is 10.6. The van der Waals surface area contributed by atoms with Gasteiger partial charge in [-0.25, -0.2) is 0 Å². The molecule has 0 aromatic heterocycles. The van der Waals surface area contributed by atoms with Crippen LogP contribution in [0.15, 0.2) is 30.3 Å². The molecule has 0 atom stereocenters. The average Bonchev–Trinajstić information content (AvgIpc) is 2.93. The number of hydrogen-bond donors (Lipinski definition) is 0. The Labute approximate surface area is 108 Å². The Morgan fingerprint density at radius 2 is 1.83 bits per heavy atom. The van der Waals surface area contributed by atoms with Gasteiger partial charge in [0, 0.05) is 5.92 Å². The zero-order valence-electron chi connectivity index (χ0n) is 10.6. The van der Waals surface area contributed by atoms with Crippen LogP contribution < -0.4 is 4.74 Å². The van der Waals surface area contributed by atoms with Crippen LogP contribution in [0.2, 0.25) is 0 Å². The van der Waals surface area contributed by atoms with Gasteiger partial charge in [0.1, 0.15) is 19.0 Å². The van der Waals surface area contributed by atoms with Gasteiger partial charge in [0.25, 0.3) is 0 Å². The minimum Gasteiger partial charge on any atom is -0.491 e. The normalized spacial score (nSPS) is 15.8. The molecule has 1 aromatic carbocycles. The molecule has 0 spiro atoms. The van der Waals surface area contributed by atoms with Crippen molar-refractivity contribution in [3.63, 3.8) is 0 Å². The molecule has 0 saturated heterocycles. The summed E-state index contributed by atoms with van der Waals surface area (Å²) >= 11 is 0. The van der Waals surface area contributed by atoms with Gasteiger partial charge >= 0.3 is 0 Å². The second-order valence-corrected chi connectivity index (χ2v) is 4.66. The molecule has 1 fully saturated rings. The van der Waals surface area contributed by atoms with Gasteiger partial charge in [-0.3, -0.25) is 4.79 Å². The molecule has 1 aliphatic rings. The summed E-state index contributed by atoms with van der Waals surface area (Å²) in [6, 6.07) is 9.62. The molecule has 0 radical (unpaired) electrons. The molecule has 0 aliphatic heterocycles. The van der Waals surface area contributed by atoms with E-state index < -0.39 is 0 Å². The Morgan fingerprint density at radius 1 is 1.11 bits per heavy atom. The van der Waals surface area contributed by atoms with Gasteiger partial charge < -0.3 is 9.47 Å². The lowest BCUT2D eigenvalue weighted by Crippen LogP contribution is -2.19.